The van der Waals surface area contributed by atoms with E-state index in [-0.39, 0.29) is 12.2 Å². The second-order valence-corrected chi connectivity index (χ2v) is 4.84. The Labute approximate surface area is 102 Å². The van der Waals surface area contributed by atoms with E-state index in [0.717, 1.165) is 13.1 Å². The maximum absolute atomic E-state index is 11.3. The fraction of sp³-hybridized carbons (Fsp3) is 1.00. The van der Waals surface area contributed by atoms with Gasteiger partial charge in [0.1, 0.15) is 0 Å². The second-order valence-electron chi connectivity index (χ2n) is 3.79. The molecule has 8 heteroatoms. The molecule has 0 saturated carbocycles. The summed E-state index contributed by atoms with van der Waals surface area (Å²) in [4.78, 5) is 0. The third kappa shape index (κ3) is 13.8. The summed E-state index contributed by atoms with van der Waals surface area (Å²) in [6.45, 7) is 1.97. The smallest absolute Gasteiger partial charge is 0.389 e. The lowest BCUT2D eigenvalue weighted by atomic mass is 10.2. The van der Waals surface area contributed by atoms with E-state index in [4.69, 9.17) is 10.4 Å². The molecule has 0 aromatic rings. The molecular formula is C9H18F3N2O2S-. The van der Waals surface area contributed by atoms with Gasteiger partial charge in [0.15, 0.2) is 11.1 Å². The summed E-state index contributed by atoms with van der Waals surface area (Å²) < 4.78 is 51.9. The third-order valence-corrected chi connectivity index (χ3v) is 2.77. The summed E-state index contributed by atoms with van der Waals surface area (Å²) >= 11 is -2.10. The fourth-order valence-corrected chi connectivity index (χ4v) is 1.68. The number of hydrogen-bond acceptors (Lipinski definition) is 2. The zero-order chi connectivity index (χ0) is 13.3. The highest BCUT2D eigenvalue weighted by atomic mass is 32.2. The summed E-state index contributed by atoms with van der Waals surface area (Å²) in [5.74, 6) is 6.80. The highest BCUT2D eigenvalue weighted by molar-refractivity contribution is 7.79. The lowest BCUT2D eigenvalue weighted by Crippen LogP contribution is -2.21. The summed E-state index contributed by atoms with van der Waals surface area (Å²) in [5, 5.41) is 1.64. The van der Waals surface area contributed by atoms with Gasteiger partial charge >= 0.3 is 6.18 Å². The molecule has 0 radical (unpaired) electrons. The average molecular weight is 275 g/mol. The van der Waals surface area contributed by atoms with Crippen molar-refractivity contribution in [1.29, 1.82) is 0 Å². The summed E-state index contributed by atoms with van der Waals surface area (Å²) in [7, 11) is 0. The predicted molar refractivity (Wildman–Crippen MR) is 60.7 cm³/mol. The van der Waals surface area contributed by atoms with Gasteiger partial charge in [-0.3, -0.25) is 0 Å². The third-order valence-electron chi connectivity index (χ3n) is 2.14. The van der Waals surface area contributed by atoms with Crippen molar-refractivity contribution < 1.29 is 21.9 Å². The van der Waals surface area contributed by atoms with Crippen molar-refractivity contribution in [2.24, 2.45) is 0 Å². The monoisotopic (exact) mass is 275 g/mol. The van der Waals surface area contributed by atoms with Gasteiger partial charge in [0.2, 0.25) is 0 Å². The van der Waals surface area contributed by atoms with Crippen LogP contribution >= 0.6 is 0 Å². The van der Waals surface area contributed by atoms with Gasteiger partial charge in [0, 0.05) is 12.2 Å². The van der Waals surface area contributed by atoms with E-state index >= 15 is 0 Å². The Morgan fingerprint density at radius 1 is 1.24 bits per heavy atom. The molecule has 1 atom stereocenters. The second kappa shape index (κ2) is 8.84. The van der Waals surface area contributed by atoms with Crippen molar-refractivity contribution in [2.45, 2.75) is 38.3 Å². The van der Waals surface area contributed by atoms with Gasteiger partial charge in [0.05, 0.1) is 0 Å². The first kappa shape index (κ1) is 16.8. The number of nitrogens with one attached hydrogen (secondary N) is 1. The van der Waals surface area contributed by atoms with Crippen molar-refractivity contribution in [3.05, 3.63) is 5.84 Å². The number of nitrogens with zero attached hydrogens (tertiary/aromatic N) is 1. The van der Waals surface area contributed by atoms with Crippen LogP contribution in [-0.2, 0) is 11.1 Å². The first-order valence-electron chi connectivity index (χ1n) is 5.41. The zero-order valence-electron chi connectivity index (χ0n) is 9.50. The average Bonchev–Trinajstić information content (AvgIpc) is 2.17. The Morgan fingerprint density at radius 2 is 1.76 bits per heavy atom. The molecule has 1 rings (SSSR count). The molecule has 0 aliphatic carbocycles. The van der Waals surface area contributed by atoms with Crippen molar-refractivity contribution in [1.82, 2.24) is 5.01 Å². The summed E-state index contributed by atoms with van der Waals surface area (Å²) in [6, 6.07) is 0. The minimum absolute atomic E-state index is 0.285. The van der Waals surface area contributed by atoms with E-state index < -0.39 is 23.7 Å². The van der Waals surface area contributed by atoms with E-state index in [1.165, 1.54) is 19.3 Å². The standard InChI is InChI=1S/C5H11N2.C4H7F3O2S/c6-7-4-2-1-3-5-7;5-4(6,7)2-1-3-10(8)9/h6H,1-5H2;1-3H2,(H,8,9)/q-1;. The van der Waals surface area contributed by atoms with E-state index in [1.807, 2.05) is 0 Å². The van der Waals surface area contributed by atoms with Crippen LogP contribution < -0.4 is 0 Å². The minimum Gasteiger partial charge on any atom is -0.610 e. The van der Waals surface area contributed by atoms with Gasteiger partial charge in [-0.05, 0) is 32.4 Å². The first-order valence-corrected chi connectivity index (χ1v) is 6.69. The molecule has 2 N–H and O–H groups in total. The zero-order valence-corrected chi connectivity index (χ0v) is 10.3. The normalized spacial score (nSPS) is 19.4. The molecule has 0 aromatic heterocycles. The molecule has 1 aliphatic heterocycles. The molecular weight excluding hydrogens is 257 g/mol. The predicted octanol–water partition coefficient (Wildman–Crippen LogP) is 2.99. The molecule has 1 unspecified atom stereocenters. The van der Waals surface area contributed by atoms with Crippen molar-refractivity contribution in [2.75, 3.05) is 18.8 Å². The Kier molecular flexibility index (Phi) is 8.75. The SMILES string of the molecule is O=S(O)CCCC(F)(F)F.[NH-]N1CCCCC1. The van der Waals surface area contributed by atoms with Crippen LogP contribution in [-0.4, -0.2) is 38.8 Å². The fourth-order valence-electron chi connectivity index (χ4n) is 1.29. The summed E-state index contributed by atoms with van der Waals surface area (Å²) in [6.07, 6.45) is -1.70. The van der Waals surface area contributed by atoms with Crippen LogP contribution in [0, 0.1) is 0 Å². The Morgan fingerprint density at radius 3 is 2.06 bits per heavy atom. The number of halogens is 3. The first-order chi connectivity index (χ1) is 7.81. The van der Waals surface area contributed by atoms with Crippen LogP contribution in [0.25, 0.3) is 5.84 Å². The van der Waals surface area contributed by atoms with Crippen LogP contribution in [0.4, 0.5) is 13.2 Å². The largest absolute Gasteiger partial charge is 0.610 e. The van der Waals surface area contributed by atoms with Gasteiger partial charge in [-0.15, -0.1) is 0 Å². The quantitative estimate of drug-likeness (QED) is 0.805. The molecule has 1 heterocycles. The van der Waals surface area contributed by atoms with Crippen LogP contribution in [0.15, 0.2) is 0 Å². The molecule has 0 aromatic carbocycles. The number of alkyl halides is 3. The van der Waals surface area contributed by atoms with Crippen LogP contribution in [0.3, 0.4) is 0 Å². The molecule has 0 bridgehead atoms. The number of piperidine rings is 1. The Hall–Kier alpha value is -0.180. The molecule has 104 valence electrons. The van der Waals surface area contributed by atoms with Gasteiger partial charge in [0.25, 0.3) is 0 Å². The molecule has 4 nitrogen and oxygen atoms in total. The highest BCUT2D eigenvalue weighted by Crippen LogP contribution is 2.20. The number of hydrogen-bond donors (Lipinski definition) is 1. The van der Waals surface area contributed by atoms with E-state index in [9.17, 15) is 17.4 Å². The molecule has 1 fully saturated rings. The molecule has 0 spiro atoms. The number of rotatable bonds is 3. The molecule has 0 amide bonds. The van der Waals surface area contributed by atoms with Crippen molar-refractivity contribution >= 4 is 11.1 Å². The Bertz CT molecular complexity index is 221. The molecule has 1 aliphatic rings. The van der Waals surface area contributed by atoms with E-state index in [1.54, 1.807) is 5.01 Å². The van der Waals surface area contributed by atoms with Crippen LogP contribution in [0.1, 0.15) is 32.1 Å². The van der Waals surface area contributed by atoms with Gasteiger partial charge in [-0.2, -0.15) is 13.2 Å². The van der Waals surface area contributed by atoms with Crippen LogP contribution in [0.5, 0.6) is 0 Å². The highest BCUT2D eigenvalue weighted by Gasteiger charge is 2.26. The van der Waals surface area contributed by atoms with Gasteiger partial charge in [-0.25, -0.2) is 4.21 Å². The van der Waals surface area contributed by atoms with E-state index in [0.29, 0.717) is 0 Å². The Balaban J connectivity index is 0.000000318. The van der Waals surface area contributed by atoms with Gasteiger partial charge < -0.3 is 15.4 Å². The van der Waals surface area contributed by atoms with Crippen LogP contribution in [0.2, 0.25) is 0 Å². The lowest BCUT2D eigenvalue weighted by Gasteiger charge is -2.30. The van der Waals surface area contributed by atoms with E-state index in [2.05, 4.69) is 0 Å². The maximum Gasteiger partial charge on any atom is 0.389 e. The topological polar surface area (TPSA) is 64.3 Å². The van der Waals surface area contributed by atoms with Crippen molar-refractivity contribution in [3.8, 4) is 0 Å². The minimum atomic E-state index is -4.21. The maximum atomic E-state index is 11.3. The molecule has 1 saturated heterocycles. The van der Waals surface area contributed by atoms with Gasteiger partial charge in [-0.1, -0.05) is 6.42 Å². The van der Waals surface area contributed by atoms with Crippen molar-refractivity contribution in [3.63, 3.8) is 0 Å². The summed E-state index contributed by atoms with van der Waals surface area (Å²) in [5.41, 5.74) is 0. The molecule has 17 heavy (non-hydrogen) atoms. The lowest BCUT2D eigenvalue weighted by molar-refractivity contribution is -0.134.